The number of nitrogens with one attached hydrogen (secondary N) is 1. The number of allylic oxidation sites excluding steroid dienone is 5. The van der Waals surface area contributed by atoms with Crippen LogP contribution in [0.15, 0.2) is 36.5 Å². The Bertz CT molecular complexity index is 1410. The molecule has 0 aliphatic carbocycles. The molecule has 0 bridgehead atoms. The van der Waals surface area contributed by atoms with E-state index in [4.69, 9.17) is 4.74 Å². The Morgan fingerprint density at radius 2 is 0.540 bits per heavy atom. The van der Waals surface area contributed by atoms with Crippen molar-refractivity contribution < 1.29 is 24.5 Å². The summed E-state index contributed by atoms with van der Waals surface area (Å²) in [6.45, 7) is 4.95. The van der Waals surface area contributed by atoms with E-state index >= 15 is 0 Å². The number of aliphatic hydroxyl groups excluding tert-OH is 2. The van der Waals surface area contributed by atoms with Crippen molar-refractivity contribution >= 4 is 11.9 Å². The fraction of sp³-hybridized carbons (Fsp3) is 0.901. The van der Waals surface area contributed by atoms with E-state index in [1.807, 2.05) is 6.08 Å². The molecular weight excluding hydrogens is 1070 g/mol. The fourth-order valence-corrected chi connectivity index (χ4v) is 12.6. The first-order valence-corrected chi connectivity index (χ1v) is 39.8. The first-order chi connectivity index (χ1) is 43.0. The first kappa shape index (κ1) is 85.1. The predicted molar refractivity (Wildman–Crippen MR) is 384 cm³/mol. The summed E-state index contributed by atoms with van der Waals surface area (Å²) in [7, 11) is 0. The second kappa shape index (κ2) is 76.5. The minimum atomic E-state index is -0.845. The molecule has 6 heteroatoms. The summed E-state index contributed by atoms with van der Waals surface area (Å²) in [6.07, 6.45) is 99.8. The topological polar surface area (TPSA) is 95.9 Å². The highest BCUT2D eigenvalue weighted by atomic mass is 16.5. The highest BCUT2D eigenvalue weighted by Gasteiger charge is 2.18. The van der Waals surface area contributed by atoms with Crippen molar-refractivity contribution in [1.29, 1.82) is 0 Å². The average molecular weight is 1220 g/mol. The molecule has 0 fully saturated rings. The summed E-state index contributed by atoms with van der Waals surface area (Å²) in [6, 6.07) is -0.628. The Kier molecular flexibility index (Phi) is 74.8. The molecule has 0 spiro atoms. The van der Waals surface area contributed by atoms with Gasteiger partial charge in [-0.2, -0.15) is 0 Å². The highest BCUT2D eigenvalue weighted by Crippen LogP contribution is 2.19. The number of hydrogen-bond acceptors (Lipinski definition) is 5. The molecule has 6 nitrogen and oxygen atoms in total. The van der Waals surface area contributed by atoms with Crippen LogP contribution in [-0.2, 0) is 14.3 Å². The molecule has 2 unspecified atom stereocenters. The van der Waals surface area contributed by atoms with Gasteiger partial charge >= 0.3 is 5.97 Å². The minimum absolute atomic E-state index is 0.0108. The lowest BCUT2D eigenvalue weighted by Gasteiger charge is -2.20. The zero-order valence-electron chi connectivity index (χ0n) is 59.0. The van der Waals surface area contributed by atoms with Crippen LogP contribution in [0, 0.1) is 0 Å². The van der Waals surface area contributed by atoms with Crippen molar-refractivity contribution in [2.45, 2.75) is 456 Å². The van der Waals surface area contributed by atoms with Crippen molar-refractivity contribution in [2.24, 2.45) is 0 Å². The Morgan fingerprint density at radius 3 is 0.816 bits per heavy atom. The van der Waals surface area contributed by atoms with Crippen LogP contribution in [0.2, 0.25) is 0 Å². The maximum Gasteiger partial charge on any atom is 0.305 e. The quantitative estimate of drug-likeness (QED) is 0.0320. The van der Waals surface area contributed by atoms with Crippen LogP contribution >= 0.6 is 0 Å². The number of carbonyl (C=O) groups is 2. The molecule has 0 rings (SSSR count). The summed E-state index contributed by atoms with van der Waals surface area (Å²) >= 11 is 0. The molecule has 3 N–H and O–H groups in total. The molecule has 514 valence electrons. The third kappa shape index (κ3) is 73.0. The maximum atomic E-state index is 12.6. The molecule has 0 heterocycles. The van der Waals surface area contributed by atoms with Crippen LogP contribution in [0.1, 0.15) is 444 Å². The van der Waals surface area contributed by atoms with Crippen LogP contribution in [0.5, 0.6) is 0 Å². The van der Waals surface area contributed by atoms with Gasteiger partial charge in [-0.15, -0.1) is 0 Å². The van der Waals surface area contributed by atoms with Crippen LogP contribution in [-0.4, -0.2) is 47.4 Å². The molecule has 0 aliphatic rings. The third-order valence-electron chi connectivity index (χ3n) is 18.6. The summed E-state index contributed by atoms with van der Waals surface area (Å²) in [5.74, 6) is -0.0504. The van der Waals surface area contributed by atoms with E-state index in [-0.39, 0.29) is 18.5 Å². The summed E-state index contributed by atoms with van der Waals surface area (Å²) < 4.78 is 5.50. The van der Waals surface area contributed by atoms with Crippen LogP contribution in [0.3, 0.4) is 0 Å². The Morgan fingerprint density at radius 1 is 0.310 bits per heavy atom. The summed E-state index contributed by atoms with van der Waals surface area (Å²) in [4.78, 5) is 24.6. The van der Waals surface area contributed by atoms with Crippen molar-refractivity contribution in [2.75, 3.05) is 13.2 Å². The summed E-state index contributed by atoms with van der Waals surface area (Å²) in [5, 5.41) is 23.3. The standard InChI is InChI=1S/C81H155NO5/c1-3-5-7-9-11-13-15-17-19-21-22-23-33-36-39-42-45-49-53-57-61-65-69-73-79(84)78(77-83)82-80(85)74-70-66-62-58-54-50-46-43-40-37-34-31-29-27-25-24-26-28-30-32-35-38-41-44-48-52-56-60-64-68-72-76-87-81(86)75-71-67-63-59-55-51-47-20-18-16-14-12-10-8-6-4-2/h20,26,28,47,69,73,78-79,83-84H,3-19,21-25,27,29-46,48-68,70-72,74-77H2,1-2H3,(H,82,85)/b28-26-,47-20-,73-69+. The van der Waals surface area contributed by atoms with Gasteiger partial charge in [-0.05, 0) is 83.5 Å². The molecule has 1 amide bonds. The van der Waals surface area contributed by atoms with E-state index in [1.54, 1.807) is 6.08 Å². The van der Waals surface area contributed by atoms with Crippen LogP contribution in [0.4, 0.5) is 0 Å². The van der Waals surface area contributed by atoms with E-state index in [1.165, 1.54) is 372 Å². The number of hydrogen-bond donors (Lipinski definition) is 3. The van der Waals surface area contributed by atoms with E-state index in [9.17, 15) is 19.8 Å². The van der Waals surface area contributed by atoms with E-state index < -0.39 is 12.1 Å². The second-order valence-corrected chi connectivity index (χ2v) is 27.4. The molecule has 0 aromatic rings. The first-order valence-electron chi connectivity index (χ1n) is 39.8. The predicted octanol–water partition coefficient (Wildman–Crippen LogP) is 26.2. The van der Waals surface area contributed by atoms with Crippen molar-refractivity contribution in [3.63, 3.8) is 0 Å². The monoisotopic (exact) mass is 1220 g/mol. The van der Waals surface area contributed by atoms with Crippen LogP contribution in [0.25, 0.3) is 0 Å². The second-order valence-electron chi connectivity index (χ2n) is 27.4. The largest absolute Gasteiger partial charge is 0.466 e. The van der Waals surface area contributed by atoms with Gasteiger partial charge in [0.05, 0.1) is 25.4 Å². The number of rotatable bonds is 75. The molecule has 87 heavy (non-hydrogen) atoms. The lowest BCUT2D eigenvalue weighted by Crippen LogP contribution is -2.45. The Hall–Kier alpha value is -1.92. The summed E-state index contributed by atoms with van der Waals surface area (Å²) in [5.41, 5.74) is 0. The molecule has 0 saturated heterocycles. The van der Waals surface area contributed by atoms with Gasteiger partial charge in [-0.3, -0.25) is 9.59 Å². The smallest absolute Gasteiger partial charge is 0.305 e. The lowest BCUT2D eigenvalue weighted by molar-refractivity contribution is -0.143. The van der Waals surface area contributed by atoms with Gasteiger partial charge in [0.1, 0.15) is 0 Å². The molecule has 2 atom stereocenters. The number of carbonyl (C=O) groups excluding carboxylic acids is 2. The molecular formula is C81H155NO5. The molecule has 0 aromatic carbocycles. The maximum absolute atomic E-state index is 12.6. The van der Waals surface area contributed by atoms with Gasteiger partial charge in [0.2, 0.25) is 5.91 Å². The molecule has 0 radical (unpaired) electrons. The third-order valence-corrected chi connectivity index (χ3v) is 18.6. The van der Waals surface area contributed by atoms with Crippen LogP contribution < -0.4 is 5.32 Å². The van der Waals surface area contributed by atoms with E-state index in [0.29, 0.717) is 19.4 Å². The average Bonchev–Trinajstić information content (AvgIpc) is 3.52. The number of esters is 1. The number of aliphatic hydroxyl groups is 2. The number of unbranched alkanes of at least 4 members (excludes halogenated alkanes) is 60. The number of amides is 1. The molecule has 0 aromatic heterocycles. The van der Waals surface area contributed by atoms with Gasteiger partial charge in [-0.1, -0.05) is 384 Å². The highest BCUT2D eigenvalue weighted by molar-refractivity contribution is 5.76. The molecule has 0 aliphatic heterocycles. The minimum Gasteiger partial charge on any atom is -0.466 e. The normalized spacial score (nSPS) is 12.6. The Balaban J connectivity index is 3.38. The zero-order valence-corrected chi connectivity index (χ0v) is 59.0. The van der Waals surface area contributed by atoms with Gasteiger partial charge in [0.25, 0.3) is 0 Å². The van der Waals surface area contributed by atoms with Gasteiger partial charge < -0.3 is 20.3 Å². The van der Waals surface area contributed by atoms with E-state index in [2.05, 4.69) is 43.5 Å². The van der Waals surface area contributed by atoms with Gasteiger partial charge in [0.15, 0.2) is 0 Å². The zero-order chi connectivity index (χ0) is 62.8. The van der Waals surface area contributed by atoms with Crippen molar-refractivity contribution in [3.05, 3.63) is 36.5 Å². The van der Waals surface area contributed by atoms with Gasteiger partial charge in [-0.25, -0.2) is 0 Å². The van der Waals surface area contributed by atoms with Gasteiger partial charge in [0, 0.05) is 12.8 Å². The lowest BCUT2D eigenvalue weighted by atomic mass is 10.0. The SMILES string of the molecule is CCCCCCCCC/C=C\CCCCCCCC(=O)OCCCCCCCCCCCCCC/C=C\CCCCCCCCCCCCCCCCCC(=O)NC(CO)C(O)/C=C/CCCCCCCCCCCCCCCCCCCCCCC. The van der Waals surface area contributed by atoms with E-state index in [0.717, 1.165) is 44.9 Å². The fourth-order valence-electron chi connectivity index (χ4n) is 12.6. The number of ether oxygens (including phenoxy) is 1. The van der Waals surface area contributed by atoms with Crippen molar-refractivity contribution in [1.82, 2.24) is 5.32 Å². The Labute approximate surface area is 544 Å². The molecule has 0 saturated carbocycles. The van der Waals surface area contributed by atoms with Crippen molar-refractivity contribution in [3.8, 4) is 0 Å².